The molecule has 1 aliphatic rings. The summed E-state index contributed by atoms with van der Waals surface area (Å²) in [4.78, 5) is 20.1. The lowest BCUT2D eigenvalue weighted by atomic mass is 10.1. The number of hydrogen-bond acceptors (Lipinski definition) is 5. The minimum Gasteiger partial charge on any atom is -0.379 e. The van der Waals surface area contributed by atoms with E-state index in [2.05, 4.69) is 20.5 Å². The number of nitrogens with zero attached hydrogens (tertiary/aromatic N) is 3. The number of amides is 1. The third-order valence-electron chi connectivity index (χ3n) is 4.15. The summed E-state index contributed by atoms with van der Waals surface area (Å²) in [6.45, 7) is 10.2. The van der Waals surface area contributed by atoms with Gasteiger partial charge < -0.3 is 25.0 Å². The number of carbonyl (C=O) groups is 1. The molecule has 154 valence electrons. The molecule has 0 aromatic heterocycles. The van der Waals surface area contributed by atoms with Gasteiger partial charge in [-0.3, -0.25) is 9.69 Å². The van der Waals surface area contributed by atoms with Crippen LogP contribution in [0.25, 0.3) is 0 Å². The second kappa shape index (κ2) is 13.5. The molecule has 9 heteroatoms. The van der Waals surface area contributed by atoms with E-state index in [0.717, 1.165) is 45.8 Å². The van der Waals surface area contributed by atoms with E-state index in [1.54, 1.807) is 26.1 Å². The third kappa shape index (κ3) is 11.1. The van der Waals surface area contributed by atoms with Crippen LogP contribution in [0.3, 0.4) is 0 Å². The fourth-order valence-corrected chi connectivity index (χ4v) is 2.17. The van der Waals surface area contributed by atoms with Crippen molar-refractivity contribution in [3.63, 3.8) is 0 Å². The number of rotatable bonds is 9. The van der Waals surface area contributed by atoms with Gasteiger partial charge in [-0.25, -0.2) is 4.99 Å². The Bertz CT molecular complexity index is 427. The number of ether oxygens (including phenoxy) is 2. The fraction of sp³-hybridized carbons (Fsp3) is 0.882. The Labute approximate surface area is 175 Å². The summed E-state index contributed by atoms with van der Waals surface area (Å²) < 4.78 is 10.8. The van der Waals surface area contributed by atoms with E-state index in [1.165, 1.54) is 0 Å². The maximum Gasteiger partial charge on any atom is 0.243 e. The van der Waals surface area contributed by atoms with Crippen molar-refractivity contribution in [3.8, 4) is 0 Å². The first-order chi connectivity index (χ1) is 11.8. The highest BCUT2D eigenvalue weighted by Crippen LogP contribution is 2.04. The number of likely N-dealkylation sites (N-methyl/N-ethyl adjacent to an activating group) is 1. The molecular weight excluding hydrogens is 449 g/mol. The molecule has 1 heterocycles. The zero-order chi connectivity index (χ0) is 18.7. The summed E-state index contributed by atoms with van der Waals surface area (Å²) in [5, 5.41) is 6.56. The number of hydrogen-bond donors (Lipinski definition) is 2. The molecule has 0 radical (unpaired) electrons. The van der Waals surface area contributed by atoms with Crippen LogP contribution < -0.4 is 10.6 Å². The molecule has 1 saturated heterocycles. The number of methoxy groups -OCH3 is 1. The highest BCUT2D eigenvalue weighted by Gasteiger charge is 2.17. The van der Waals surface area contributed by atoms with Gasteiger partial charge in [-0.2, -0.15) is 0 Å². The van der Waals surface area contributed by atoms with Crippen LogP contribution in [0.15, 0.2) is 4.99 Å². The number of guanidine groups is 1. The lowest BCUT2D eigenvalue weighted by molar-refractivity contribution is -0.127. The molecule has 1 fully saturated rings. The van der Waals surface area contributed by atoms with Crippen LogP contribution in [0.5, 0.6) is 0 Å². The van der Waals surface area contributed by atoms with Crippen LogP contribution in [0.4, 0.5) is 0 Å². The predicted octanol–water partition coefficient (Wildman–Crippen LogP) is 0.375. The summed E-state index contributed by atoms with van der Waals surface area (Å²) >= 11 is 0. The van der Waals surface area contributed by atoms with Crippen LogP contribution in [0, 0.1) is 0 Å². The minimum absolute atomic E-state index is 0. The number of aliphatic imine (C=N–C) groups is 1. The van der Waals surface area contributed by atoms with E-state index < -0.39 is 0 Å². The van der Waals surface area contributed by atoms with Gasteiger partial charge in [-0.1, -0.05) is 0 Å². The Balaban J connectivity index is 0.00000625. The Hall–Kier alpha value is -0.650. The molecule has 26 heavy (non-hydrogen) atoms. The first-order valence-corrected chi connectivity index (χ1v) is 8.91. The topological polar surface area (TPSA) is 78.4 Å². The smallest absolute Gasteiger partial charge is 0.243 e. The summed E-state index contributed by atoms with van der Waals surface area (Å²) in [6, 6.07) is 0. The number of carbonyl (C=O) groups excluding carboxylic acids is 1. The van der Waals surface area contributed by atoms with E-state index >= 15 is 0 Å². The van der Waals surface area contributed by atoms with Crippen molar-refractivity contribution in [1.29, 1.82) is 0 Å². The van der Waals surface area contributed by atoms with Crippen LogP contribution in [-0.2, 0) is 14.3 Å². The van der Waals surface area contributed by atoms with Crippen molar-refractivity contribution in [2.45, 2.75) is 25.9 Å². The van der Waals surface area contributed by atoms with Crippen molar-refractivity contribution < 1.29 is 14.3 Å². The quantitative estimate of drug-likeness (QED) is 0.213. The first kappa shape index (κ1) is 25.4. The zero-order valence-electron chi connectivity index (χ0n) is 16.8. The second-order valence-corrected chi connectivity index (χ2v) is 7.00. The molecule has 0 saturated carbocycles. The van der Waals surface area contributed by atoms with E-state index in [4.69, 9.17) is 9.47 Å². The molecule has 1 aliphatic heterocycles. The summed E-state index contributed by atoms with van der Waals surface area (Å²) in [5.41, 5.74) is -0.304. The van der Waals surface area contributed by atoms with Crippen LogP contribution >= 0.6 is 24.0 Å². The molecular formula is C17H36IN5O3. The van der Waals surface area contributed by atoms with Crippen LogP contribution in [0.1, 0.15) is 20.3 Å². The Morgan fingerprint density at radius 1 is 1.27 bits per heavy atom. The van der Waals surface area contributed by atoms with Gasteiger partial charge in [0.05, 0.1) is 18.8 Å². The molecule has 8 nitrogen and oxygen atoms in total. The van der Waals surface area contributed by atoms with E-state index in [0.29, 0.717) is 12.5 Å². The first-order valence-electron chi connectivity index (χ1n) is 8.91. The minimum atomic E-state index is -0.304. The highest BCUT2D eigenvalue weighted by molar-refractivity contribution is 14.0. The molecule has 1 amide bonds. The van der Waals surface area contributed by atoms with Gasteiger partial charge in [0.15, 0.2) is 5.96 Å². The molecule has 1 rings (SSSR count). The van der Waals surface area contributed by atoms with Gasteiger partial charge >= 0.3 is 0 Å². The van der Waals surface area contributed by atoms with Crippen molar-refractivity contribution >= 4 is 35.8 Å². The van der Waals surface area contributed by atoms with Gasteiger partial charge in [0.2, 0.25) is 5.91 Å². The van der Waals surface area contributed by atoms with E-state index in [1.807, 2.05) is 13.8 Å². The maximum absolute atomic E-state index is 11.8. The summed E-state index contributed by atoms with van der Waals surface area (Å²) in [7, 11) is 5.15. The van der Waals surface area contributed by atoms with Gasteiger partial charge in [0.25, 0.3) is 0 Å². The van der Waals surface area contributed by atoms with Crippen molar-refractivity contribution in [1.82, 2.24) is 20.4 Å². The van der Waals surface area contributed by atoms with Gasteiger partial charge in [0, 0.05) is 47.4 Å². The van der Waals surface area contributed by atoms with Gasteiger partial charge in [-0.05, 0) is 26.8 Å². The highest BCUT2D eigenvalue weighted by atomic mass is 127. The molecule has 0 aromatic carbocycles. The molecule has 0 unspecified atom stereocenters. The summed E-state index contributed by atoms with van der Waals surface area (Å²) in [6.07, 6.45) is 1.01. The molecule has 0 aromatic rings. The normalized spacial score (nSPS) is 16.0. The average Bonchev–Trinajstić information content (AvgIpc) is 2.60. The molecule has 0 spiro atoms. The predicted molar refractivity (Wildman–Crippen MR) is 115 cm³/mol. The summed E-state index contributed by atoms with van der Waals surface area (Å²) in [5.74, 6) is 0.614. The van der Waals surface area contributed by atoms with Crippen molar-refractivity contribution in [3.05, 3.63) is 0 Å². The Morgan fingerprint density at radius 3 is 2.50 bits per heavy atom. The van der Waals surface area contributed by atoms with E-state index in [-0.39, 0.29) is 42.0 Å². The van der Waals surface area contributed by atoms with Crippen molar-refractivity contribution in [2.24, 2.45) is 4.99 Å². The average molecular weight is 485 g/mol. The van der Waals surface area contributed by atoms with Gasteiger partial charge in [-0.15, -0.1) is 24.0 Å². The molecule has 0 atom stereocenters. The second-order valence-electron chi connectivity index (χ2n) is 7.00. The number of nitrogens with one attached hydrogen (secondary N) is 2. The lowest BCUT2D eigenvalue weighted by Crippen LogP contribution is -2.46. The third-order valence-corrected chi connectivity index (χ3v) is 4.15. The van der Waals surface area contributed by atoms with Crippen LogP contribution in [-0.4, -0.2) is 101 Å². The van der Waals surface area contributed by atoms with Crippen LogP contribution in [0.2, 0.25) is 0 Å². The standard InChI is InChI=1S/C17H35N5O3.HI/c1-17(2,24-5)14-20-16(19-13-15(23)21(3)4)18-7-6-8-22-9-11-25-12-10-22;/h6-14H2,1-5H3,(H2,18,19,20);1H. The van der Waals surface area contributed by atoms with Gasteiger partial charge in [0.1, 0.15) is 6.54 Å². The fourth-order valence-electron chi connectivity index (χ4n) is 2.17. The SMILES string of the molecule is COC(C)(C)CNC(=NCC(=O)N(C)C)NCCCN1CCOCC1.I. The van der Waals surface area contributed by atoms with E-state index in [9.17, 15) is 4.79 Å². The lowest BCUT2D eigenvalue weighted by Gasteiger charge is -2.27. The molecule has 0 bridgehead atoms. The Morgan fingerprint density at radius 2 is 1.92 bits per heavy atom. The zero-order valence-corrected chi connectivity index (χ0v) is 19.2. The Kier molecular flexibility index (Phi) is 13.2. The molecule has 2 N–H and O–H groups in total. The number of morpholine rings is 1. The maximum atomic E-state index is 11.8. The molecule has 0 aliphatic carbocycles. The number of halogens is 1. The monoisotopic (exact) mass is 485 g/mol. The van der Waals surface area contributed by atoms with Crippen molar-refractivity contribution in [2.75, 3.05) is 73.7 Å². The largest absolute Gasteiger partial charge is 0.379 e.